The third-order valence-electron chi connectivity index (χ3n) is 16.4. The first kappa shape index (κ1) is 54.5. The fraction of sp³-hybridized carbons (Fsp3) is 0.507. The monoisotopic (exact) mass is 969 g/mol. The molecule has 5 nitrogen and oxygen atoms in total. The summed E-state index contributed by atoms with van der Waals surface area (Å²) in [6, 6.07) is 16.7. The van der Waals surface area contributed by atoms with Gasteiger partial charge in [-0.15, -0.1) is 26.3 Å². The Hall–Kier alpha value is -5.29. The van der Waals surface area contributed by atoms with Crippen molar-refractivity contribution < 1.29 is 9.59 Å². The summed E-state index contributed by atoms with van der Waals surface area (Å²) in [5.74, 6) is -0.315. The molecule has 0 unspecified atom stereocenters. The lowest BCUT2D eigenvalue weighted by Gasteiger charge is -2.35. The van der Waals surface area contributed by atoms with E-state index in [0.717, 1.165) is 149 Å². The van der Waals surface area contributed by atoms with Crippen LogP contribution in [0.2, 0.25) is 0 Å². The number of benzene rings is 5. The lowest BCUT2D eigenvalue weighted by atomic mass is 9.83. The summed E-state index contributed by atoms with van der Waals surface area (Å²) in [6.45, 7) is 20.2. The molecule has 0 atom stereocenters. The van der Waals surface area contributed by atoms with Crippen LogP contribution in [-0.4, -0.2) is 27.3 Å². The molecule has 7 rings (SSSR count). The van der Waals surface area contributed by atoms with Gasteiger partial charge < -0.3 is 4.57 Å². The number of fused-ring (bicyclic) bond motifs is 2. The Morgan fingerprint density at radius 1 is 0.347 bits per heavy atom. The second kappa shape index (κ2) is 28.2. The van der Waals surface area contributed by atoms with Gasteiger partial charge in [0.15, 0.2) is 0 Å². The van der Waals surface area contributed by atoms with Gasteiger partial charge in [-0.2, -0.15) is 0 Å². The number of hydrogen-bond acceptors (Lipinski definition) is 3. The summed E-state index contributed by atoms with van der Waals surface area (Å²) in [5, 5.41) is 10.5. The first-order valence-electron chi connectivity index (χ1n) is 28.9. The lowest BCUT2D eigenvalue weighted by molar-refractivity contribution is 0.0517. The van der Waals surface area contributed by atoms with E-state index in [9.17, 15) is 9.59 Å². The Morgan fingerprint density at radius 3 is 1.03 bits per heavy atom. The molecule has 2 heterocycles. The molecular weight excluding hydrogens is 881 g/mol. The number of aromatic nitrogens is 1. The van der Waals surface area contributed by atoms with E-state index in [1.807, 2.05) is 42.5 Å². The highest BCUT2D eigenvalue weighted by Crippen LogP contribution is 2.46. The second-order valence-electron chi connectivity index (χ2n) is 21.5. The zero-order chi connectivity index (χ0) is 50.7. The van der Waals surface area contributed by atoms with Crippen LogP contribution in [0.5, 0.6) is 0 Å². The van der Waals surface area contributed by atoms with Crippen molar-refractivity contribution in [2.45, 2.75) is 218 Å². The molecule has 0 spiro atoms. The van der Waals surface area contributed by atoms with Crippen LogP contribution in [0.1, 0.15) is 232 Å². The van der Waals surface area contributed by atoms with Crippen molar-refractivity contribution in [2.75, 3.05) is 0 Å². The maximum Gasteiger partial charge on any atom is 0.261 e. The average Bonchev–Trinajstić information content (AvgIpc) is 3.39. The predicted molar refractivity (Wildman–Crippen MR) is 312 cm³/mol. The van der Waals surface area contributed by atoms with Crippen LogP contribution in [0.25, 0.3) is 60.4 Å². The molecule has 1 aromatic heterocycles. The number of rotatable bonds is 38. The topological polar surface area (TPSA) is 59.4 Å². The highest BCUT2D eigenvalue weighted by molar-refractivity contribution is 6.40. The third-order valence-corrected chi connectivity index (χ3v) is 16.4. The highest BCUT2D eigenvalue weighted by Gasteiger charge is 2.38. The molecule has 72 heavy (non-hydrogen) atoms. The van der Waals surface area contributed by atoms with Gasteiger partial charge in [0.05, 0.1) is 0 Å². The Balaban J connectivity index is 1.18. The zero-order valence-electron chi connectivity index (χ0n) is 44.4. The smallest absolute Gasteiger partial charge is 0.261 e. The number of allylic oxidation sites excluding steroid dienone is 4. The fourth-order valence-electron chi connectivity index (χ4n) is 12.4. The van der Waals surface area contributed by atoms with Gasteiger partial charge in [-0.3, -0.25) is 19.3 Å². The molecule has 1 aliphatic heterocycles. The van der Waals surface area contributed by atoms with Crippen molar-refractivity contribution in [1.82, 2.24) is 9.47 Å². The Labute approximate surface area is 432 Å². The molecule has 0 N–H and O–H groups in total. The summed E-state index contributed by atoms with van der Waals surface area (Å²) in [5.41, 5.74) is 1.31. The van der Waals surface area contributed by atoms with Gasteiger partial charge in [0.2, 0.25) is 0 Å². The number of pyridine rings is 1. The minimum atomic E-state index is -0.158. The van der Waals surface area contributed by atoms with Crippen LogP contribution in [0, 0.1) is 0 Å². The first-order valence-corrected chi connectivity index (χ1v) is 28.9. The van der Waals surface area contributed by atoms with Crippen LogP contribution in [0.3, 0.4) is 0 Å². The highest BCUT2D eigenvalue weighted by atomic mass is 16.2. The molecule has 5 heteroatoms. The molecule has 0 aliphatic carbocycles. The SMILES string of the molecule is C=CCCCCCCCCC(CCCCCCCCC=C)N1C(=O)c2ccc3c4ccc5c(=C)n(C(CCCCCCCCC=C)CCCCCCCCC=C)c(=O)c6ccc(c7ccc(c2c37)C1=O)c4c56. The van der Waals surface area contributed by atoms with Crippen LogP contribution in [-0.2, 0) is 0 Å². The molecular formula is C67H88N2O3. The van der Waals surface area contributed by atoms with Gasteiger partial charge >= 0.3 is 0 Å². The first-order chi connectivity index (χ1) is 35.4. The summed E-state index contributed by atoms with van der Waals surface area (Å²) in [7, 11) is 0. The Morgan fingerprint density at radius 2 is 0.639 bits per heavy atom. The van der Waals surface area contributed by atoms with E-state index in [4.69, 9.17) is 6.58 Å². The zero-order valence-corrected chi connectivity index (χ0v) is 44.4. The maximum atomic E-state index is 15.0. The van der Waals surface area contributed by atoms with Gasteiger partial charge in [-0.25, -0.2) is 0 Å². The van der Waals surface area contributed by atoms with Gasteiger partial charge in [0, 0.05) is 50.1 Å². The average molecular weight is 969 g/mol. The number of hydrogen-bond donors (Lipinski definition) is 0. The molecule has 0 saturated heterocycles. The van der Waals surface area contributed by atoms with Crippen molar-refractivity contribution in [3.8, 4) is 0 Å². The number of nitrogens with zero attached hydrogens (tertiary/aromatic N) is 2. The quantitative estimate of drug-likeness (QED) is 0.0128. The number of carbonyl (C=O) groups is 2. The van der Waals surface area contributed by atoms with Crippen LogP contribution < -0.4 is 10.9 Å². The standard InChI is InChI=1S/C67H88N2O3/c1-6-10-14-18-22-26-30-34-38-51(39-35-31-27-23-19-15-11-7-2)68-50(5)53-42-43-54-56-45-48-59-64-60(49-46-57(63(56)64)55-44-47-58(65(68)70)61(53)62(54)55)67(72)69(66(59)71)52(40-36-32-28-24-20-16-12-8-3)41-37-33-29-25-21-17-13-9-4/h6-9,42-49,51-52H,1-5,10-41H2. The molecule has 0 saturated carbocycles. The molecule has 5 aromatic carbocycles. The minimum absolute atomic E-state index is 0.0592. The molecule has 6 aromatic rings. The van der Waals surface area contributed by atoms with Crippen LogP contribution in [0.4, 0.5) is 0 Å². The molecule has 384 valence electrons. The van der Waals surface area contributed by atoms with E-state index in [1.54, 1.807) is 4.90 Å². The molecule has 1 aliphatic rings. The van der Waals surface area contributed by atoms with E-state index in [2.05, 4.69) is 61.2 Å². The number of unbranched alkanes of at least 4 members (excludes halogenated alkanes) is 24. The van der Waals surface area contributed by atoms with Crippen molar-refractivity contribution >= 4 is 72.3 Å². The van der Waals surface area contributed by atoms with Crippen molar-refractivity contribution in [1.29, 1.82) is 0 Å². The maximum absolute atomic E-state index is 15.0. The molecule has 0 fully saturated rings. The van der Waals surface area contributed by atoms with Gasteiger partial charge in [-0.1, -0.05) is 190 Å². The van der Waals surface area contributed by atoms with E-state index in [-0.39, 0.29) is 29.5 Å². The van der Waals surface area contributed by atoms with E-state index in [1.165, 1.54) is 116 Å². The van der Waals surface area contributed by atoms with Gasteiger partial charge in [0.25, 0.3) is 17.4 Å². The normalized spacial score (nSPS) is 12.9. The Bertz CT molecular complexity index is 2680. The predicted octanol–water partition coefficient (Wildman–Crippen LogP) is 18.9. The van der Waals surface area contributed by atoms with Crippen LogP contribution in [0.15, 0.2) is 104 Å². The Kier molecular flexibility index (Phi) is 21.4. The van der Waals surface area contributed by atoms with E-state index >= 15 is 4.79 Å². The molecule has 0 bridgehead atoms. The summed E-state index contributed by atoms with van der Waals surface area (Å²) in [6.07, 6.45) is 44.3. The van der Waals surface area contributed by atoms with Crippen molar-refractivity contribution in [2.24, 2.45) is 0 Å². The second-order valence-corrected chi connectivity index (χ2v) is 21.5. The number of amides is 2. The number of imide groups is 1. The molecule has 2 amide bonds. The largest absolute Gasteiger partial charge is 0.305 e. The van der Waals surface area contributed by atoms with Gasteiger partial charge in [-0.05, 0) is 128 Å². The van der Waals surface area contributed by atoms with Crippen molar-refractivity contribution in [3.63, 3.8) is 0 Å². The summed E-state index contributed by atoms with van der Waals surface area (Å²) >= 11 is 0. The molecule has 0 radical (unpaired) electrons. The third kappa shape index (κ3) is 12.9. The van der Waals surface area contributed by atoms with Crippen LogP contribution >= 0.6 is 0 Å². The van der Waals surface area contributed by atoms with Gasteiger partial charge in [0.1, 0.15) is 0 Å². The summed E-state index contributed by atoms with van der Waals surface area (Å²) < 4.78 is 2.07. The van der Waals surface area contributed by atoms with E-state index < -0.39 is 0 Å². The lowest BCUT2D eigenvalue weighted by Crippen LogP contribution is -2.47. The van der Waals surface area contributed by atoms with E-state index in [0.29, 0.717) is 11.1 Å². The minimum Gasteiger partial charge on any atom is -0.305 e. The number of carbonyl (C=O) groups excluding carboxylic acids is 2. The summed E-state index contributed by atoms with van der Waals surface area (Å²) in [4.78, 5) is 46.5. The fourth-order valence-corrected chi connectivity index (χ4v) is 12.4. The van der Waals surface area contributed by atoms with Crippen molar-refractivity contribution in [3.05, 3.63) is 126 Å².